The molecule has 0 atom stereocenters. The average molecular weight is 806 g/mol. The number of benzene rings is 9. The summed E-state index contributed by atoms with van der Waals surface area (Å²) in [5.41, 5.74) is 12.7. The molecule has 4 heterocycles. The van der Waals surface area contributed by atoms with Crippen molar-refractivity contribution in [2.24, 2.45) is 0 Å². The van der Waals surface area contributed by atoms with Crippen molar-refractivity contribution in [3.63, 3.8) is 0 Å². The third-order valence-electron chi connectivity index (χ3n) is 12.5. The minimum absolute atomic E-state index is 0.558. The molecule has 4 aromatic heterocycles. The summed E-state index contributed by atoms with van der Waals surface area (Å²) in [7, 11) is 0. The number of hydrogen-bond acceptors (Lipinski definition) is 5. The zero-order chi connectivity index (χ0) is 41.8. The predicted octanol–water partition coefficient (Wildman–Crippen LogP) is 16.0. The number of anilines is 6. The molecule has 9 aromatic carbocycles. The van der Waals surface area contributed by atoms with E-state index in [0.717, 1.165) is 116 Å². The van der Waals surface area contributed by atoms with Crippen LogP contribution in [0.1, 0.15) is 5.56 Å². The van der Waals surface area contributed by atoms with Crippen LogP contribution in [0, 0.1) is 17.9 Å². The lowest BCUT2D eigenvalue weighted by molar-refractivity contribution is 0.670. The zero-order valence-electron chi connectivity index (χ0n) is 33.5. The summed E-state index contributed by atoms with van der Waals surface area (Å²) in [5, 5.41) is 18.2. The average Bonchev–Trinajstić information content (AvgIpc) is 4.10. The number of para-hydroxylation sites is 5. The van der Waals surface area contributed by atoms with Crippen LogP contribution < -0.4 is 9.80 Å². The number of fused-ring (bicyclic) bond motifs is 14. The molecule has 292 valence electrons. The Morgan fingerprint density at radius 1 is 0.444 bits per heavy atom. The summed E-state index contributed by atoms with van der Waals surface area (Å²) in [4.78, 5) is 8.37. The van der Waals surface area contributed by atoms with Crippen LogP contribution in [0.2, 0.25) is 0 Å². The van der Waals surface area contributed by atoms with Crippen LogP contribution in [0.5, 0.6) is 0 Å². The summed E-state index contributed by atoms with van der Waals surface area (Å²) < 4.78 is 16.4. The fourth-order valence-electron chi connectivity index (χ4n) is 9.92. The molecule has 0 saturated carbocycles. The normalized spacial score (nSPS) is 11.8. The van der Waals surface area contributed by atoms with Crippen molar-refractivity contribution in [1.29, 1.82) is 5.26 Å². The van der Waals surface area contributed by atoms with E-state index >= 15 is 0 Å². The lowest BCUT2D eigenvalue weighted by Gasteiger charge is -2.27. The third-order valence-corrected chi connectivity index (χ3v) is 12.5. The van der Waals surface area contributed by atoms with Gasteiger partial charge >= 0.3 is 0 Å². The van der Waals surface area contributed by atoms with Crippen molar-refractivity contribution < 1.29 is 8.83 Å². The first-order chi connectivity index (χ1) is 31.2. The van der Waals surface area contributed by atoms with Crippen LogP contribution in [-0.2, 0) is 0 Å². The molecule has 0 N–H and O–H groups in total. The molecule has 7 nitrogen and oxygen atoms in total. The smallest absolute Gasteiger partial charge is 0.189 e. The van der Waals surface area contributed by atoms with E-state index < -0.39 is 0 Å². The van der Waals surface area contributed by atoms with Gasteiger partial charge in [0.15, 0.2) is 16.9 Å². The molecule has 0 spiro atoms. The molecular formula is C56H31N5O2. The van der Waals surface area contributed by atoms with E-state index in [9.17, 15) is 5.26 Å². The van der Waals surface area contributed by atoms with E-state index in [-0.39, 0.29) is 0 Å². The minimum atomic E-state index is 0.558. The number of furan rings is 2. The summed E-state index contributed by atoms with van der Waals surface area (Å²) in [6, 6.07) is 66.2. The Bertz CT molecular complexity index is 3810. The van der Waals surface area contributed by atoms with Gasteiger partial charge in [0.2, 0.25) is 0 Å². The van der Waals surface area contributed by atoms with Crippen molar-refractivity contribution in [2.75, 3.05) is 9.80 Å². The van der Waals surface area contributed by atoms with E-state index in [0.29, 0.717) is 11.3 Å². The highest BCUT2D eigenvalue weighted by molar-refractivity contribution is 6.36. The van der Waals surface area contributed by atoms with E-state index in [4.69, 9.17) is 15.4 Å². The lowest BCUT2D eigenvalue weighted by Crippen LogP contribution is -2.11. The van der Waals surface area contributed by atoms with E-state index in [1.165, 1.54) is 0 Å². The van der Waals surface area contributed by atoms with Gasteiger partial charge in [-0.05, 0) is 78.9 Å². The Morgan fingerprint density at radius 2 is 0.905 bits per heavy atom. The topological polar surface area (TPSA) is 65.3 Å². The molecule has 0 aliphatic rings. The number of rotatable bonds is 6. The van der Waals surface area contributed by atoms with Gasteiger partial charge < -0.3 is 23.0 Å². The first-order valence-corrected chi connectivity index (χ1v) is 20.8. The maximum absolute atomic E-state index is 10.1. The maximum Gasteiger partial charge on any atom is 0.189 e. The third kappa shape index (κ3) is 4.93. The number of nitriles is 1. The highest BCUT2D eigenvalue weighted by Gasteiger charge is 2.31. The fraction of sp³-hybridized carbons (Fsp3) is 0. The van der Waals surface area contributed by atoms with Gasteiger partial charge in [0, 0.05) is 65.8 Å². The van der Waals surface area contributed by atoms with E-state index in [1.807, 2.05) is 84.9 Å². The monoisotopic (exact) mass is 805 g/mol. The van der Waals surface area contributed by atoms with Gasteiger partial charge in [-0.2, -0.15) is 5.26 Å². The molecule has 0 bridgehead atoms. The number of hydrogen-bond donors (Lipinski definition) is 0. The molecule has 0 unspecified atom stereocenters. The highest BCUT2D eigenvalue weighted by atomic mass is 16.3. The van der Waals surface area contributed by atoms with E-state index in [1.54, 1.807) is 0 Å². The molecule has 7 heteroatoms. The molecule has 13 rings (SSSR count). The van der Waals surface area contributed by atoms with Gasteiger partial charge in [-0.1, -0.05) is 109 Å². The largest absolute Gasteiger partial charge is 0.454 e. The SMILES string of the molecule is [C-]#[N+]c1cccc(N(c2ccccc2)c2cc3c4ccccc4oc3c3c2c2cccc4c5c(N(c6ccccc6)c6cccc(C#N)c6)cc6c7ccccc7oc6c5n3c42)c1. The molecule has 0 aliphatic carbocycles. The van der Waals surface area contributed by atoms with Gasteiger partial charge in [-0.25, -0.2) is 4.85 Å². The quantitative estimate of drug-likeness (QED) is 0.157. The first-order valence-electron chi connectivity index (χ1n) is 20.8. The van der Waals surface area contributed by atoms with Crippen LogP contribution in [0.4, 0.5) is 39.8 Å². The Kier molecular flexibility index (Phi) is 7.30. The van der Waals surface area contributed by atoms with Crippen molar-refractivity contribution in [3.05, 3.63) is 205 Å². The van der Waals surface area contributed by atoms with Crippen LogP contribution in [0.3, 0.4) is 0 Å². The highest BCUT2D eigenvalue weighted by Crippen LogP contribution is 2.54. The number of aromatic nitrogens is 1. The van der Waals surface area contributed by atoms with Crippen LogP contribution in [0.25, 0.3) is 86.8 Å². The van der Waals surface area contributed by atoms with Crippen LogP contribution >= 0.6 is 0 Å². The summed E-state index contributed by atoms with van der Waals surface area (Å²) in [6.45, 7) is 7.96. The molecule has 0 fully saturated rings. The van der Waals surface area contributed by atoms with Crippen molar-refractivity contribution >= 4 is 122 Å². The van der Waals surface area contributed by atoms with Crippen molar-refractivity contribution in [3.8, 4) is 6.07 Å². The molecule has 0 saturated heterocycles. The molecule has 0 radical (unpaired) electrons. The second kappa shape index (κ2) is 13.2. The van der Waals surface area contributed by atoms with Gasteiger partial charge in [0.05, 0.1) is 35.1 Å². The Hall–Kier alpha value is -9.04. The maximum atomic E-state index is 10.1. The minimum Gasteiger partial charge on any atom is -0.454 e. The summed E-state index contributed by atoms with van der Waals surface area (Å²) >= 11 is 0. The van der Waals surface area contributed by atoms with Gasteiger partial charge in [-0.15, -0.1) is 0 Å². The second-order valence-corrected chi connectivity index (χ2v) is 15.9. The fourth-order valence-corrected chi connectivity index (χ4v) is 9.92. The van der Waals surface area contributed by atoms with E-state index in [2.05, 4.69) is 128 Å². The predicted molar refractivity (Wildman–Crippen MR) is 256 cm³/mol. The lowest BCUT2D eigenvalue weighted by atomic mass is 10.0. The van der Waals surface area contributed by atoms with Crippen LogP contribution in [-0.4, -0.2) is 4.40 Å². The summed E-state index contributed by atoms with van der Waals surface area (Å²) in [6.07, 6.45) is 0. The van der Waals surface area contributed by atoms with Gasteiger partial charge in [0.1, 0.15) is 22.2 Å². The molecular weight excluding hydrogens is 775 g/mol. The van der Waals surface area contributed by atoms with Crippen molar-refractivity contribution in [1.82, 2.24) is 4.40 Å². The molecule has 13 aromatic rings. The molecule has 0 amide bonds. The van der Waals surface area contributed by atoms with Gasteiger partial charge in [0.25, 0.3) is 0 Å². The zero-order valence-corrected chi connectivity index (χ0v) is 33.5. The standard InChI is InChI=1S/C56H31N5O2/c1-58-35-16-13-22-39(30-35)60(37-19-6-3-7-20-37)47-32-45-41-24-9-11-28-49(41)63-56(45)54-51(47)43-26-14-25-42-50-46(59(36-17-4-2-5-18-36)38-21-12-15-34(29-38)33-57)31-44-40-23-8-10-27-48(40)62-55(44)53(50)61(54)52(42)43/h2-32H. The van der Waals surface area contributed by atoms with Crippen molar-refractivity contribution in [2.45, 2.75) is 0 Å². The molecule has 63 heavy (non-hydrogen) atoms. The van der Waals surface area contributed by atoms with Crippen LogP contribution in [0.15, 0.2) is 197 Å². The Labute approximate surface area is 359 Å². The van der Waals surface area contributed by atoms with Gasteiger partial charge in [-0.3, -0.25) is 0 Å². The second-order valence-electron chi connectivity index (χ2n) is 15.9. The Balaban J connectivity index is 1.28. The number of nitrogens with zero attached hydrogens (tertiary/aromatic N) is 5. The summed E-state index contributed by atoms with van der Waals surface area (Å²) in [5.74, 6) is 0. The molecule has 0 aliphatic heterocycles. The first kappa shape index (κ1) is 34.8. The Morgan fingerprint density at radius 3 is 1.44 bits per heavy atom.